The van der Waals surface area contributed by atoms with Crippen LogP contribution in [0.5, 0.6) is 0 Å². The molecule has 1 fully saturated rings. The minimum Gasteiger partial charge on any atom is -0.394 e. The molecule has 5 N–H and O–H groups in total. The molecule has 0 amide bonds. The zero-order chi connectivity index (χ0) is 21.4. The van der Waals surface area contributed by atoms with Crippen molar-refractivity contribution in [3.8, 4) is 11.1 Å². The summed E-state index contributed by atoms with van der Waals surface area (Å²) in [5.41, 5.74) is 3.28. The first-order valence-electron chi connectivity index (χ1n) is 9.84. The van der Waals surface area contributed by atoms with E-state index in [0.717, 1.165) is 27.5 Å². The van der Waals surface area contributed by atoms with Crippen LogP contribution in [0.3, 0.4) is 0 Å². The maximum absolute atomic E-state index is 10.8. The minimum absolute atomic E-state index is 0.533. The monoisotopic (exact) mass is 411 g/mol. The molecule has 0 saturated carbocycles. The van der Waals surface area contributed by atoms with Gasteiger partial charge in [0.15, 0.2) is 0 Å². The molecule has 2 aromatic carbocycles. The Labute approximate surface area is 173 Å². The molecule has 0 aliphatic carbocycles. The second-order valence-corrected chi connectivity index (χ2v) is 7.75. The normalized spacial score (nSPS) is 27.9. The van der Waals surface area contributed by atoms with Gasteiger partial charge < -0.3 is 30.3 Å². The Morgan fingerprint density at radius 1 is 0.933 bits per heavy atom. The van der Waals surface area contributed by atoms with E-state index in [9.17, 15) is 25.5 Å². The van der Waals surface area contributed by atoms with Gasteiger partial charge >= 0.3 is 0 Å². The number of aliphatic hydroxyl groups excluding tert-OH is 5. The lowest BCUT2D eigenvalue weighted by Crippen LogP contribution is -2.59. The molecule has 0 bridgehead atoms. The summed E-state index contributed by atoms with van der Waals surface area (Å²) in [6, 6.07) is 13.6. The number of aliphatic hydroxyl groups is 5. The van der Waals surface area contributed by atoms with Gasteiger partial charge in [-0.15, -0.1) is 0 Å². The lowest BCUT2D eigenvalue weighted by Gasteiger charge is -2.42. The molecule has 30 heavy (non-hydrogen) atoms. The van der Waals surface area contributed by atoms with Gasteiger partial charge in [-0.25, -0.2) is 0 Å². The second-order valence-electron chi connectivity index (χ2n) is 7.75. The summed E-state index contributed by atoms with van der Waals surface area (Å²) in [7, 11) is 0. The molecular weight excluding hydrogens is 386 g/mol. The molecule has 6 atom stereocenters. The third-order valence-corrected chi connectivity index (χ3v) is 5.80. The minimum atomic E-state index is -1.53. The molecule has 0 spiro atoms. The van der Waals surface area contributed by atoms with Crippen LogP contribution in [0.2, 0.25) is 0 Å². The first kappa shape index (κ1) is 20.9. The Morgan fingerprint density at radius 3 is 2.40 bits per heavy atom. The molecule has 1 aromatic heterocycles. The fraction of sp³-hybridized carbons (Fsp3) is 0.348. The van der Waals surface area contributed by atoms with Gasteiger partial charge in [-0.3, -0.25) is 4.98 Å². The van der Waals surface area contributed by atoms with Gasteiger partial charge in [0.1, 0.15) is 36.6 Å². The molecule has 3 aromatic rings. The maximum Gasteiger partial charge on any atom is 0.117 e. The van der Waals surface area contributed by atoms with E-state index in [1.165, 1.54) is 0 Å². The zero-order valence-corrected chi connectivity index (χ0v) is 16.5. The van der Waals surface area contributed by atoms with Crippen molar-refractivity contribution in [3.05, 3.63) is 66.0 Å². The summed E-state index contributed by atoms with van der Waals surface area (Å²) >= 11 is 0. The predicted octanol–water partition coefficient (Wildman–Crippen LogP) is 1.09. The molecule has 0 unspecified atom stereocenters. The zero-order valence-electron chi connectivity index (χ0n) is 16.5. The largest absolute Gasteiger partial charge is 0.394 e. The number of rotatable bonds is 4. The molecular formula is C23H25NO6. The summed E-state index contributed by atoms with van der Waals surface area (Å²) in [4.78, 5) is 4.16. The number of pyridine rings is 1. The summed E-state index contributed by atoms with van der Waals surface area (Å²) < 4.78 is 5.50. The van der Waals surface area contributed by atoms with Crippen molar-refractivity contribution >= 4 is 10.8 Å². The third-order valence-electron chi connectivity index (χ3n) is 5.80. The Hall–Kier alpha value is -2.39. The van der Waals surface area contributed by atoms with E-state index < -0.39 is 43.2 Å². The van der Waals surface area contributed by atoms with Gasteiger partial charge in [-0.2, -0.15) is 0 Å². The van der Waals surface area contributed by atoms with E-state index >= 15 is 0 Å². The fourth-order valence-corrected chi connectivity index (χ4v) is 4.02. The van der Waals surface area contributed by atoms with E-state index in [-0.39, 0.29) is 0 Å². The number of nitrogens with zero attached hydrogens (tertiary/aromatic N) is 1. The molecule has 0 radical (unpaired) electrons. The number of ether oxygens (including phenoxy) is 1. The Kier molecular flexibility index (Phi) is 5.84. The van der Waals surface area contributed by atoms with Gasteiger partial charge in [0.05, 0.1) is 6.61 Å². The van der Waals surface area contributed by atoms with E-state index in [4.69, 9.17) is 4.74 Å². The summed E-state index contributed by atoms with van der Waals surface area (Å²) in [6.45, 7) is 1.30. The molecule has 1 saturated heterocycles. The van der Waals surface area contributed by atoms with Gasteiger partial charge in [-0.05, 0) is 46.7 Å². The SMILES string of the molecule is Cc1cc(-c2ccc3ccncc3c2)ccc1[C@@H](O)[C@H]1O[C@H](CO)[C@@H](O)[C@H](O)[C@@H]1O. The van der Waals surface area contributed by atoms with E-state index in [1.54, 1.807) is 12.3 Å². The Morgan fingerprint density at radius 2 is 1.67 bits per heavy atom. The van der Waals surface area contributed by atoms with Crippen molar-refractivity contribution in [2.45, 2.75) is 43.5 Å². The lowest BCUT2D eigenvalue weighted by atomic mass is 9.87. The Balaban J connectivity index is 1.62. The maximum atomic E-state index is 10.8. The van der Waals surface area contributed by atoms with Crippen LogP contribution in [0, 0.1) is 6.92 Å². The standard InChI is InChI=1S/C23H25NO6/c1-12-8-14(15-3-2-13-6-7-24-10-16(13)9-15)4-5-17(12)19(26)23-22(29)21(28)20(27)18(11-25)30-23/h2-10,18-23,25-29H,11H2,1H3/t18-,19-,20-,21+,22+,23-/m1/s1. The highest BCUT2D eigenvalue weighted by Crippen LogP contribution is 2.33. The van der Waals surface area contributed by atoms with Crippen LogP contribution in [0.1, 0.15) is 17.2 Å². The van der Waals surface area contributed by atoms with Gasteiger partial charge in [0, 0.05) is 17.8 Å². The van der Waals surface area contributed by atoms with Gasteiger partial charge in [0.2, 0.25) is 0 Å². The van der Waals surface area contributed by atoms with Crippen LogP contribution in [-0.2, 0) is 4.74 Å². The van der Waals surface area contributed by atoms with Gasteiger partial charge in [-0.1, -0.05) is 30.3 Å². The van der Waals surface area contributed by atoms with Crippen LogP contribution in [-0.4, -0.2) is 67.6 Å². The molecule has 2 heterocycles. The van der Waals surface area contributed by atoms with Crippen LogP contribution in [0.4, 0.5) is 0 Å². The average Bonchev–Trinajstić information content (AvgIpc) is 2.77. The molecule has 1 aliphatic rings. The number of hydrogen-bond acceptors (Lipinski definition) is 7. The fourth-order valence-electron chi connectivity index (χ4n) is 4.02. The topological polar surface area (TPSA) is 123 Å². The van der Waals surface area contributed by atoms with E-state index in [0.29, 0.717) is 5.56 Å². The van der Waals surface area contributed by atoms with Crippen molar-refractivity contribution in [1.29, 1.82) is 0 Å². The van der Waals surface area contributed by atoms with E-state index in [1.807, 2.05) is 49.5 Å². The molecule has 7 heteroatoms. The first-order valence-corrected chi connectivity index (χ1v) is 9.84. The Bertz CT molecular complexity index is 1040. The number of aryl methyl sites for hydroxylation is 1. The number of aromatic nitrogens is 1. The summed E-state index contributed by atoms with van der Waals surface area (Å²) in [5, 5.41) is 52.6. The lowest BCUT2D eigenvalue weighted by molar-refractivity contribution is -0.250. The van der Waals surface area contributed by atoms with Crippen molar-refractivity contribution < 1.29 is 30.3 Å². The molecule has 7 nitrogen and oxygen atoms in total. The van der Waals surface area contributed by atoms with Crippen molar-refractivity contribution in [3.63, 3.8) is 0 Å². The van der Waals surface area contributed by atoms with Crippen molar-refractivity contribution in [2.75, 3.05) is 6.61 Å². The molecule has 158 valence electrons. The molecule has 1 aliphatic heterocycles. The number of benzene rings is 2. The number of fused-ring (bicyclic) bond motifs is 1. The third kappa shape index (κ3) is 3.72. The van der Waals surface area contributed by atoms with Crippen LogP contribution >= 0.6 is 0 Å². The quantitative estimate of drug-likeness (QED) is 0.435. The van der Waals surface area contributed by atoms with Crippen LogP contribution < -0.4 is 0 Å². The smallest absolute Gasteiger partial charge is 0.117 e. The van der Waals surface area contributed by atoms with Crippen LogP contribution in [0.15, 0.2) is 54.9 Å². The predicted molar refractivity (Wildman–Crippen MR) is 111 cm³/mol. The van der Waals surface area contributed by atoms with Crippen LogP contribution in [0.25, 0.3) is 21.9 Å². The highest BCUT2D eigenvalue weighted by Gasteiger charge is 2.46. The van der Waals surface area contributed by atoms with Crippen molar-refractivity contribution in [2.24, 2.45) is 0 Å². The molecule has 4 rings (SSSR count). The van der Waals surface area contributed by atoms with Gasteiger partial charge in [0.25, 0.3) is 0 Å². The van der Waals surface area contributed by atoms with E-state index in [2.05, 4.69) is 4.98 Å². The summed E-state index contributed by atoms with van der Waals surface area (Å²) in [6.07, 6.45) is -4.41. The van der Waals surface area contributed by atoms with Crippen molar-refractivity contribution in [1.82, 2.24) is 4.98 Å². The second kappa shape index (κ2) is 8.39. The highest BCUT2D eigenvalue weighted by molar-refractivity contribution is 5.86. The highest BCUT2D eigenvalue weighted by atomic mass is 16.6. The number of hydrogen-bond donors (Lipinski definition) is 5. The average molecular weight is 411 g/mol. The first-order chi connectivity index (χ1) is 14.4. The summed E-state index contributed by atoms with van der Waals surface area (Å²) in [5.74, 6) is 0.